The van der Waals surface area contributed by atoms with Gasteiger partial charge in [0.25, 0.3) is 0 Å². The summed E-state index contributed by atoms with van der Waals surface area (Å²) in [4.78, 5) is 12.4. The molecule has 0 aliphatic heterocycles. The zero-order valence-corrected chi connectivity index (χ0v) is 11.2. The first-order chi connectivity index (χ1) is 10.0. The van der Waals surface area contributed by atoms with Gasteiger partial charge in [-0.05, 0) is 42.7 Å². The number of benzene rings is 2. The Bertz CT molecular complexity index is 694. The molecule has 0 bridgehead atoms. The number of nitrogen functional groups attached to an aromatic ring is 1. The summed E-state index contributed by atoms with van der Waals surface area (Å²) in [6, 6.07) is 10.0. The van der Waals surface area contributed by atoms with Crippen LogP contribution in [0.2, 0.25) is 0 Å². The first-order valence-electron chi connectivity index (χ1n) is 6.64. The molecule has 3 N–H and O–H groups in total. The summed E-state index contributed by atoms with van der Waals surface area (Å²) < 4.78 is 26.7. The van der Waals surface area contributed by atoms with Crippen LogP contribution in [-0.4, -0.2) is 5.91 Å². The van der Waals surface area contributed by atoms with Crippen LogP contribution in [0.25, 0.3) is 0 Å². The summed E-state index contributed by atoms with van der Waals surface area (Å²) in [5.74, 6) is -1.57. The highest BCUT2D eigenvalue weighted by Crippen LogP contribution is 2.49. The highest BCUT2D eigenvalue weighted by Gasteiger charge is 2.51. The fourth-order valence-electron chi connectivity index (χ4n) is 2.41. The van der Waals surface area contributed by atoms with Gasteiger partial charge in [0.1, 0.15) is 11.6 Å². The van der Waals surface area contributed by atoms with Crippen molar-refractivity contribution in [3.63, 3.8) is 0 Å². The molecule has 1 fully saturated rings. The van der Waals surface area contributed by atoms with Gasteiger partial charge in [0.2, 0.25) is 5.91 Å². The molecule has 108 valence electrons. The summed E-state index contributed by atoms with van der Waals surface area (Å²) in [5.41, 5.74) is 6.29. The molecule has 0 heterocycles. The molecule has 1 amide bonds. The van der Waals surface area contributed by atoms with Crippen molar-refractivity contribution in [2.45, 2.75) is 18.3 Å². The molecule has 1 aliphatic carbocycles. The number of hydrogen-bond acceptors (Lipinski definition) is 2. The topological polar surface area (TPSA) is 55.1 Å². The second-order valence-electron chi connectivity index (χ2n) is 5.28. The largest absolute Gasteiger partial charge is 0.399 e. The van der Waals surface area contributed by atoms with Crippen LogP contribution in [0.5, 0.6) is 0 Å². The predicted molar refractivity (Wildman–Crippen MR) is 76.8 cm³/mol. The van der Waals surface area contributed by atoms with Crippen LogP contribution in [0.15, 0.2) is 42.5 Å². The molecule has 0 saturated heterocycles. The Balaban J connectivity index is 1.85. The van der Waals surface area contributed by atoms with Crippen LogP contribution in [0.3, 0.4) is 0 Å². The molecule has 0 aromatic heterocycles. The van der Waals surface area contributed by atoms with Crippen LogP contribution < -0.4 is 11.1 Å². The van der Waals surface area contributed by atoms with Crippen LogP contribution in [0.4, 0.5) is 20.2 Å². The van der Waals surface area contributed by atoms with Gasteiger partial charge in [-0.1, -0.05) is 12.1 Å². The lowest BCUT2D eigenvalue weighted by Crippen LogP contribution is -2.28. The van der Waals surface area contributed by atoms with E-state index in [1.807, 2.05) is 0 Å². The maximum absolute atomic E-state index is 13.6. The first-order valence-corrected chi connectivity index (χ1v) is 6.64. The average Bonchev–Trinajstić information content (AvgIpc) is 3.25. The summed E-state index contributed by atoms with van der Waals surface area (Å²) in [6.45, 7) is 0. The third-order valence-corrected chi connectivity index (χ3v) is 3.82. The Kier molecular flexibility index (Phi) is 3.12. The maximum atomic E-state index is 13.6. The lowest BCUT2D eigenvalue weighted by atomic mass is 9.94. The van der Waals surface area contributed by atoms with Gasteiger partial charge >= 0.3 is 0 Å². The first kappa shape index (κ1) is 13.5. The molecule has 2 aromatic carbocycles. The predicted octanol–water partition coefficient (Wildman–Crippen LogP) is 3.22. The average molecular weight is 288 g/mol. The van der Waals surface area contributed by atoms with Gasteiger partial charge in [-0.15, -0.1) is 0 Å². The highest BCUT2D eigenvalue weighted by atomic mass is 19.1. The maximum Gasteiger partial charge on any atom is 0.235 e. The van der Waals surface area contributed by atoms with Gasteiger partial charge in [-0.3, -0.25) is 4.79 Å². The van der Waals surface area contributed by atoms with E-state index in [-0.39, 0.29) is 11.6 Å². The van der Waals surface area contributed by atoms with Crippen LogP contribution in [0.1, 0.15) is 18.4 Å². The normalized spacial score (nSPS) is 15.5. The Labute approximate surface area is 120 Å². The number of hydrogen-bond donors (Lipinski definition) is 2. The Morgan fingerprint density at radius 3 is 2.38 bits per heavy atom. The van der Waals surface area contributed by atoms with E-state index in [1.54, 1.807) is 24.3 Å². The van der Waals surface area contributed by atoms with Gasteiger partial charge < -0.3 is 11.1 Å². The standard InChI is InChI=1S/C16H14F2N2O/c17-11-3-6-13(18)14(9-11)20-15(21)16(7-8-16)10-1-4-12(19)5-2-10/h1-6,9H,7-8,19H2,(H,20,21). The van der Waals surface area contributed by atoms with E-state index in [9.17, 15) is 13.6 Å². The molecule has 0 atom stereocenters. The second-order valence-corrected chi connectivity index (χ2v) is 5.28. The van der Waals surface area contributed by atoms with Crippen LogP contribution in [0, 0.1) is 11.6 Å². The number of carbonyl (C=O) groups is 1. The Morgan fingerprint density at radius 1 is 1.10 bits per heavy atom. The molecule has 3 nitrogen and oxygen atoms in total. The van der Waals surface area contributed by atoms with Crippen molar-refractivity contribution < 1.29 is 13.6 Å². The summed E-state index contributed by atoms with van der Waals surface area (Å²) in [5, 5.41) is 2.48. The fraction of sp³-hybridized carbons (Fsp3) is 0.188. The molecule has 5 heteroatoms. The second kappa shape index (κ2) is 4.84. The number of amides is 1. The molecule has 1 saturated carbocycles. The van der Waals surface area contributed by atoms with E-state index in [4.69, 9.17) is 5.73 Å². The minimum absolute atomic E-state index is 0.137. The van der Waals surface area contributed by atoms with E-state index in [0.717, 1.165) is 23.8 Å². The van der Waals surface area contributed by atoms with Crippen LogP contribution in [-0.2, 0) is 10.2 Å². The summed E-state index contributed by atoms with van der Waals surface area (Å²) in [6.07, 6.45) is 1.36. The Hall–Kier alpha value is -2.43. The molecule has 3 rings (SSSR count). The number of carbonyl (C=O) groups excluding carboxylic acids is 1. The monoisotopic (exact) mass is 288 g/mol. The number of anilines is 2. The minimum Gasteiger partial charge on any atom is -0.399 e. The van der Waals surface area contributed by atoms with Crippen molar-refractivity contribution in [1.82, 2.24) is 0 Å². The van der Waals surface area contributed by atoms with Crippen molar-refractivity contribution in [2.24, 2.45) is 0 Å². The van der Waals surface area contributed by atoms with E-state index < -0.39 is 17.0 Å². The molecule has 2 aromatic rings. The van der Waals surface area contributed by atoms with Gasteiger partial charge in [0.15, 0.2) is 0 Å². The number of nitrogens with two attached hydrogens (primary N) is 1. The van der Waals surface area contributed by atoms with E-state index in [1.165, 1.54) is 0 Å². The quantitative estimate of drug-likeness (QED) is 0.852. The van der Waals surface area contributed by atoms with Crippen molar-refractivity contribution in [1.29, 1.82) is 0 Å². The number of rotatable bonds is 3. The zero-order chi connectivity index (χ0) is 15.0. The van der Waals surface area contributed by atoms with Gasteiger partial charge in [-0.2, -0.15) is 0 Å². The van der Waals surface area contributed by atoms with Crippen molar-refractivity contribution >= 4 is 17.3 Å². The molecule has 1 aliphatic rings. The minimum atomic E-state index is -0.660. The third-order valence-electron chi connectivity index (χ3n) is 3.82. The molecule has 0 unspecified atom stereocenters. The SMILES string of the molecule is Nc1ccc(C2(C(=O)Nc3cc(F)ccc3F)CC2)cc1. The fourth-order valence-corrected chi connectivity index (χ4v) is 2.41. The smallest absolute Gasteiger partial charge is 0.235 e. The highest BCUT2D eigenvalue weighted by molar-refractivity contribution is 6.01. The van der Waals surface area contributed by atoms with Gasteiger partial charge in [0, 0.05) is 11.8 Å². The van der Waals surface area contributed by atoms with E-state index in [2.05, 4.69) is 5.32 Å². The lowest BCUT2D eigenvalue weighted by molar-refractivity contribution is -0.118. The number of halogens is 2. The Morgan fingerprint density at radius 2 is 1.76 bits per heavy atom. The molecule has 0 spiro atoms. The van der Waals surface area contributed by atoms with Crippen LogP contribution >= 0.6 is 0 Å². The summed E-state index contributed by atoms with van der Waals surface area (Å²) in [7, 11) is 0. The van der Waals surface area contributed by atoms with Crippen molar-refractivity contribution in [3.05, 3.63) is 59.7 Å². The van der Waals surface area contributed by atoms with E-state index in [0.29, 0.717) is 18.5 Å². The molecule has 0 radical (unpaired) electrons. The van der Waals surface area contributed by atoms with E-state index >= 15 is 0 Å². The lowest BCUT2D eigenvalue weighted by Gasteiger charge is -2.16. The molecular formula is C16H14F2N2O. The zero-order valence-electron chi connectivity index (χ0n) is 11.2. The van der Waals surface area contributed by atoms with Gasteiger partial charge in [-0.25, -0.2) is 8.78 Å². The molecule has 21 heavy (non-hydrogen) atoms. The van der Waals surface area contributed by atoms with Crippen molar-refractivity contribution in [3.8, 4) is 0 Å². The third kappa shape index (κ3) is 2.46. The number of nitrogens with one attached hydrogen (secondary N) is 1. The summed E-state index contributed by atoms with van der Waals surface area (Å²) >= 11 is 0. The molecular weight excluding hydrogens is 274 g/mol. The van der Waals surface area contributed by atoms with Gasteiger partial charge in [0.05, 0.1) is 11.1 Å². The van der Waals surface area contributed by atoms with Crippen molar-refractivity contribution in [2.75, 3.05) is 11.1 Å².